The van der Waals surface area contributed by atoms with Crippen LogP contribution in [0.1, 0.15) is 11.3 Å². The van der Waals surface area contributed by atoms with Crippen LogP contribution in [0.3, 0.4) is 0 Å². The second-order valence-corrected chi connectivity index (χ2v) is 9.32. The molecule has 1 aliphatic heterocycles. The van der Waals surface area contributed by atoms with Crippen molar-refractivity contribution in [3.63, 3.8) is 0 Å². The highest BCUT2D eigenvalue weighted by Crippen LogP contribution is 2.16. The van der Waals surface area contributed by atoms with Crippen molar-refractivity contribution in [1.82, 2.24) is 24.7 Å². The molecule has 11 heteroatoms. The molecule has 172 valence electrons. The summed E-state index contributed by atoms with van der Waals surface area (Å²) in [5.74, 6) is 0.636. The number of guanidine groups is 1. The quantitative estimate of drug-likeness (QED) is 0.275. The predicted octanol–water partition coefficient (Wildman–Crippen LogP) is 2.11. The first-order valence-electron chi connectivity index (χ1n) is 10.2. The van der Waals surface area contributed by atoms with E-state index in [0.717, 1.165) is 23.3 Å². The Balaban J connectivity index is 0.00000289. The Morgan fingerprint density at radius 3 is 2.66 bits per heavy atom. The number of aromatic nitrogens is 2. The van der Waals surface area contributed by atoms with E-state index in [-0.39, 0.29) is 29.7 Å². The maximum atomic E-state index is 12.6. The van der Waals surface area contributed by atoms with Gasteiger partial charge in [0.25, 0.3) is 0 Å². The number of rotatable bonds is 6. The third-order valence-electron chi connectivity index (χ3n) is 5.36. The average Bonchev–Trinajstić information content (AvgIpc) is 3.29. The highest BCUT2D eigenvalue weighted by atomic mass is 127. The van der Waals surface area contributed by atoms with Crippen LogP contribution in [0.15, 0.2) is 58.4 Å². The van der Waals surface area contributed by atoms with Gasteiger partial charge in [-0.2, -0.15) is 4.31 Å². The number of pyridine rings is 1. The first-order chi connectivity index (χ1) is 15.1. The van der Waals surface area contributed by atoms with Crippen molar-refractivity contribution < 1.29 is 12.9 Å². The number of benzene rings is 1. The molecule has 0 spiro atoms. The Labute approximate surface area is 205 Å². The normalized spacial score (nSPS) is 15.5. The van der Waals surface area contributed by atoms with Gasteiger partial charge < -0.3 is 14.7 Å². The summed E-state index contributed by atoms with van der Waals surface area (Å²) in [4.78, 5) is 11.0. The van der Waals surface area contributed by atoms with Crippen LogP contribution in [-0.2, 0) is 22.2 Å². The van der Waals surface area contributed by atoms with Crippen molar-refractivity contribution in [3.8, 4) is 0 Å². The lowest BCUT2D eigenvalue weighted by atomic mass is 10.1. The molecule has 1 N–H and O–H groups in total. The Bertz CT molecular complexity index is 1140. The summed E-state index contributed by atoms with van der Waals surface area (Å²) in [6, 6.07) is 11.8. The second kappa shape index (κ2) is 11.1. The molecule has 0 unspecified atom stereocenters. The van der Waals surface area contributed by atoms with Crippen LogP contribution in [0.2, 0.25) is 0 Å². The van der Waals surface area contributed by atoms with Gasteiger partial charge >= 0.3 is 0 Å². The second-order valence-electron chi connectivity index (χ2n) is 7.35. The summed E-state index contributed by atoms with van der Waals surface area (Å²) < 4.78 is 31.5. The number of nitrogens with zero attached hydrogens (tertiary/aromatic N) is 5. The molecular weight excluding hydrogens is 543 g/mol. The highest BCUT2D eigenvalue weighted by molar-refractivity contribution is 14.0. The van der Waals surface area contributed by atoms with E-state index >= 15 is 0 Å². The molecule has 0 radical (unpaired) electrons. The number of halogens is 1. The first-order valence-corrected chi connectivity index (χ1v) is 11.8. The summed E-state index contributed by atoms with van der Waals surface area (Å²) in [6.07, 6.45) is 4.01. The molecule has 1 fully saturated rings. The Morgan fingerprint density at radius 1 is 1.16 bits per heavy atom. The largest absolute Gasteiger partial charge is 0.364 e. The maximum absolute atomic E-state index is 12.6. The lowest BCUT2D eigenvalue weighted by Gasteiger charge is -2.35. The number of sulfonamides is 1. The Kier molecular flexibility index (Phi) is 8.43. The zero-order valence-electron chi connectivity index (χ0n) is 17.8. The van der Waals surface area contributed by atoms with Gasteiger partial charge in [-0.15, -0.1) is 24.0 Å². The molecule has 0 aliphatic carbocycles. The number of aliphatic imine (C=N–C) groups is 1. The van der Waals surface area contributed by atoms with Crippen LogP contribution >= 0.6 is 24.0 Å². The molecule has 0 bridgehead atoms. The van der Waals surface area contributed by atoms with E-state index in [4.69, 9.17) is 4.52 Å². The topological polar surface area (TPSA) is 104 Å². The Hall–Kier alpha value is -2.25. The van der Waals surface area contributed by atoms with Gasteiger partial charge in [-0.3, -0.25) is 9.98 Å². The van der Waals surface area contributed by atoms with Crippen molar-refractivity contribution in [3.05, 3.63) is 60.1 Å². The lowest BCUT2D eigenvalue weighted by Crippen LogP contribution is -2.54. The summed E-state index contributed by atoms with van der Waals surface area (Å²) in [5.41, 5.74) is 2.63. The molecule has 32 heavy (non-hydrogen) atoms. The summed E-state index contributed by atoms with van der Waals surface area (Å²) >= 11 is 0. The third-order valence-corrected chi connectivity index (χ3v) is 7.17. The molecule has 1 aromatic carbocycles. The zero-order chi connectivity index (χ0) is 21.7. The minimum atomic E-state index is -3.42. The van der Waals surface area contributed by atoms with E-state index in [1.807, 2.05) is 18.3 Å². The minimum absolute atomic E-state index is 0. The summed E-state index contributed by atoms with van der Waals surface area (Å²) in [5, 5.41) is 8.24. The number of hydrogen-bond donors (Lipinski definition) is 1. The number of fused-ring (bicyclic) bond motifs is 1. The van der Waals surface area contributed by atoms with Gasteiger partial charge in [0.05, 0.1) is 11.2 Å². The third kappa shape index (κ3) is 5.75. The molecule has 1 saturated heterocycles. The number of piperazine rings is 1. The van der Waals surface area contributed by atoms with Crippen molar-refractivity contribution >= 4 is 50.9 Å². The van der Waals surface area contributed by atoms with Gasteiger partial charge in [-0.25, -0.2) is 8.42 Å². The first kappa shape index (κ1) is 24.4. The highest BCUT2D eigenvalue weighted by Gasteiger charge is 2.28. The summed E-state index contributed by atoms with van der Waals surface area (Å²) in [7, 11) is -1.67. The van der Waals surface area contributed by atoms with E-state index in [0.29, 0.717) is 38.4 Å². The van der Waals surface area contributed by atoms with Crippen LogP contribution < -0.4 is 5.32 Å². The van der Waals surface area contributed by atoms with Crippen LogP contribution in [0.5, 0.6) is 0 Å². The van der Waals surface area contributed by atoms with Gasteiger partial charge in [-0.1, -0.05) is 29.4 Å². The lowest BCUT2D eigenvalue weighted by molar-refractivity contribution is 0.260. The molecular formula is C21H27IN6O3S. The molecule has 4 rings (SSSR count). The van der Waals surface area contributed by atoms with Crippen molar-refractivity contribution in [2.45, 2.75) is 12.2 Å². The monoisotopic (exact) mass is 570 g/mol. The zero-order valence-corrected chi connectivity index (χ0v) is 21.0. The molecule has 2 aromatic heterocycles. The fourth-order valence-electron chi connectivity index (χ4n) is 3.78. The van der Waals surface area contributed by atoms with Gasteiger partial charge in [-0.05, 0) is 18.1 Å². The molecule has 1 aliphatic rings. The standard InChI is InChI=1S/C21H26N6O3S.HI/c1-22-21(24-10-7-18-5-2-4-17-6-3-9-23-20(17)18)26-11-13-27(14-12-26)31(28,29)16-19-8-15-30-25-19;/h2-6,8-9,15H,7,10-14,16H2,1H3,(H,22,24);1H. The molecule has 0 saturated carbocycles. The van der Waals surface area contributed by atoms with Crippen molar-refractivity contribution in [2.24, 2.45) is 4.99 Å². The SMILES string of the molecule is CN=C(NCCc1cccc2cccnc12)N1CCN(S(=O)(=O)Cc2ccon2)CC1.I. The minimum Gasteiger partial charge on any atom is -0.364 e. The van der Waals surface area contributed by atoms with E-state index in [1.54, 1.807) is 13.1 Å². The average molecular weight is 570 g/mol. The predicted molar refractivity (Wildman–Crippen MR) is 134 cm³/mol. The van der Waals surface area contributed by atoms with E-state index in [9.17, 15) is 8.42 Å². The number of para-hydroxylation sites is 1. The van der Waals surface area contributed by atoms with E-state index < -0.39 is 10.0 Å². The fraction of sp³-hybridized carbons (Fsp3) is 0.381. The Morgan fingerprint density at radius 2 is 1.94 bits per heavy atom. The van der Waals surface area contributed by atoms with Gasteiger partial charge in [0, 0.05) is 57.4 Å². The van der Waals surface area contributed by atoms with Gasteiger partial charge in [0.2, 0.25) is 10.0 Å². The van der Waals surface area contributed by atoms with Crippen molar-refractivity contribution in [2.75, 3.05) is 39.8 Å². The summed E-state index contributed by atoms with van der Waals surface area (Å²) in [6.45, 7) is 2.69. The van der Waals surface area contributed by atoms with Gasteiger partial charge in [0.15, 0.2) is 5.96 Å². The van der Waals surface area contributed by atoms with Crippen LogP contribution in [0.4, 0.5) is 0 Å². The molecule has 0 amide bonds. The van der Waals surface area contributed by atoms with Crippen LogP contribution in [0, 0.1) is 0 Å². The van der Waals surface area contributed by atoms with E-state index in [2.05, 4.69) is 43.5 Å². The van der Waals surface area contributed by atoms with Gasteiger partial charge in [0.1, 0.15) is 12.0 Å². The van der Waals surface area contributed by atoms with Crippen molar-refractivity contribution in [1.29, 1.82) is 0 Å². The molecule has 9 nitrogen and oxygen atoms in total. The smallest absolute Gasteiger partial charge is 0.220 e. The maximum Gasteiger partial charge on any atom is 0.220 e. The fourth-order valence-corrected chi connectivity index (χ4v) is 5.20. The number of nitrogens with one attached hydrogen (secondary N) is 1. The van der Waals surface area contributed by atoms with Crippen LogP contribution in [0.25, 0.3) is 10.9 Å². The molecule has 3 aromatic rings. The molecule has 0 atom stereocenters. The number of hydrogen-bond acceptors (Lipinski definition) is 6. The van der Waals surface area contributed by atoms with Crippen LogP contribution in [-0.4, -0.2) is 73.5 Å². The molecule has 3 heterocycles. The van der Waals surface area contributed by atoms with E-state index in [1.165, 1.54) is 16.1 Å².